The highest BCUT2D eigenvalue weighted by Crippen LogP contribution is 2.40. The molecule has 0 spiro atoms. The normalized spacial score (nSPS) is 16.7. The Balaban J connectivity index is 2.19. The molecule has 2 aromatic carbocycles. The number of rotatable bonds is 4. The number of carboxylic acids is 1. The highest BCUT2D eigenvalue weighted by atomic mass is 79.9. The van der Waals surface area contributed by atoms with E-state index in [2.05, 4.69) is 20.9 Å². The smallest absolute Gasteiger partial charge is 0.106 e. The second-order valence-corrected chi connectivity index (χ2v) is 6.31. The van der Waals surface area contributed by atoms with Crippen LogP contribution in [0.15, 0.2) is 58.0 Å². The van der Waals surface area contributed by atoms with Crippen LogP contribution in [0, 0.1) is 0 Å². The first-order chi connectivity index (χ1) is 11.1. The maximum Gasteiger partial charge on any atom is 0.106 e. The Bertz CT molecular complexity index is 759. The van der Waals surface area contributed by atoms with E-state index >= 15 is 0 Å². The minimum atomic E-state index is -1.11. The molecule has 0 unspecified atom stereocenters. The van der Waals surface area contributed by atoms with Gasteiger partial charge in [-0.2, -0.15) is 0 Å². The average Bonchev–Trinajstić information content (AvgIpc) is 2.54. The Kier molecular flexibility index (Phi) is 4.48. The maximum atomic E-state index is 11.3. The Hall–Kier alpha value is -2.14. The van der Waals surface area contributed by atoms with Gasteiger partial charge in [0.25, 0.3) is 0 Å². The molecule has 1 aliphatic heterocycles. The Morgan fingerprint density at radius 1 is 1.26 bits per heavy atom. The third-order valence-corrected chi connectivity index (χ3v) is 4.40. The number of aliphatic carboxylic acids is 1. The van der Waals surface area contributed by atoms with Crippen molar-refractivity contribution in [2.75, 3.05) is 6.54 Å². The lowest BCUT2D eigenvalue weighted by Crippen LogP contribution is -2.45. The molecule has 0 amide bonds. The molecule has 0 aliphatic carbocycles. The van der Waals surface area contributed by atoms with Gasteiger partial charge in [0.05, 0.1) is 24.2 Å². The molecule has 1 atom stereocenters. The lowest BCUT2D eigenvalue weighted by atomic mass is 9.93. The van der Waals surface area contributed by atoms with E-state index in [9.17, 15) is 9.90 Å². The molecule has 0 saturated heterocycles. The summed E-state index contributed by atoms with van der Waals surface area (Å²) in [6.07, 6.45) is 0.659. The molecular weight excluding hydrogens is 356 g/mol. The number of carbonyl (C=O) groups excluding carboxylic acids is 1. The number of carboxylic acid groups (broad SMARTS) is 1. The van der Waals surface area contributed by atoms with Crippen LogP contribution in [0.2, 0.25) is 0 Å². The van der Waals surface area contributed by atoms with Crippen LogP contribution in [0.4, 0.5) is 5.69 Å². The van der Waals surface area contributed by atoms with Gasteiger partial charge in [0.2, 0.25) is 0 Å². The summed E-state index contributed by atoms with van der Waals surface area (Å²) < 4.78 is 0.945. The van der Waals surface area contributed by atoms with Crippen molar-refractivity contribution in [2.24, 2.45) is 4.99 Å². The van der Waals surface area contributed by atoms with Crippen molar-refractivity contribution in [2.45, 2.75) is 19.4 Å². The van der Waals surface area contributed by atoms with Gasteiger partial charge >= 0.3 is 0 Å². The summed E-state index contributed by atoms with van der Waals surface area (Å²) >= 11 is 3.50. The zero-order valence-electron chi connectivity index (χ0n) is 12.7. The third kappa shape index (κ3) is 3.15. The van der Waals surface area contributed by atoms with Crippen molar-refractivity contribution in [3.63, 3.8) is 0 Å². The van der Waals surface area contributed by atoms with E-state index in [0.29, 0.717) is 6.42 Å². The monoisotopic (exact) mass is 371 g/mol. The molecule has 0 aromatic heterocycles. The molecule has 0 radical (unpaired) electrons. The van der Waals surface area contributed by atoms with Gasteiger partial charge in [-0.1, -0.05) is 53.2 Å². The van der Waals surface area contributed by atoms with Crippen molar-refractivity contribution >= 4 is 33.4 Å². The maximum absolute atomic E-state index is 11.3. The van der Waals surface area contributed by atoms with E-state index in [0.717, 1.165) is 27.1 Å². The summed E-state index contributed by atoms with van der Waals surface area (Å²) in [6.45, 7) is 1.80. The minimum absolute atomic E-state index is 0.182. The topological polar surface area (TPSA) is 55.7 Å². The second kappa shape index (κ2) is 6.54. The molecule has 4 nitrogen and oxygen atoms in total. The van der Waals surface area contributed by atoms with Gasteiger partial charge in [-0.3, -0.25) is 0 Å². The van der Waals surface area contributed by atoms with Crippen LogP contribution in [-0.4, -0.2) is 23.2 Å². The minimum Gasteiger partial charge on any atom is -0.548 e. The third-order valence-electron chi connectivity index (χ3n) is 3.91. The molecule has 3 rings (SSSR count). The van der Waals surface area contributed by atoms with Crippen molar-refractivity contribution in [1.29, 1.82) is 0 Å². The molecule has 1 aliphatic rings. The zero-order chi connectivity index (χ0) is 16.4. The van der Waals surface area contributed by atoms with Crippen molar-refractivity contribution in [3.8, 4) is 0 Å². The number of aliphatic imine (C=N–C) groups is 1. The van der Waals surface area contributed by atoms with Crippen molar-refractivity contribution in [1.82, 2.24) is 4.90 Å². The zero-order valence-corrected chi connectivity index (χ0v) is 14.3. The molecule has 118 valence electrons. The van der Waals surface area contributed by atoms with Gasteiger partial charge in [0, 0.05) is 16.5 Å². The standard InChI is InChI=1S/C18H17BrN2O2/c1-2-16-20-15-9-8-13(19)10-14(15)18(21(16)11-17(22)23)12-6-4-3-5-7-12/h3-10,18H,2,11H2,1H3,(H,22,23)/p-1/t18-/m1/s1. The van der Waals surface area contributed by atoms with Gasteiger partial charge in [-0.25, -0.2) is 4.99 Å². The summed E-state index contributed by atoms with van der Waals surface area (Å²) in [5, 5.41) is 11.3. The number of fused-ring (bicyclic) bond motifs is 1. The van der Waals surface area contributed by atoms with Crippen molar-refractivity contribution < 1.29 is 9.90 Å². The molecule has 2 aromatic rings. The van der Waals surface area contributed by atoms with Gasteiger partial charge < -0.3 is 14.8 Å². The first kappa shape index (κ1) is 15.7. The molecule has 0 fully saturated rings. The van der Waals surface area contributed by atoms with Crippen LogP contribution in [0.5, 0.6) is 0 Å². The number of benzene rings is 2. The molecule has 5 heteroatoms. The van der Waals surface area contributed by atoms with Crippen LogP contribution in [0.25, 0.3) is 0 Å². The van der Waals surface area contributed by atoms with Gasteiger partial charge in [0.1, 0.15) is 5.84 Å². The van der Waals surface area contributed by atoms with E-state index in [1.54, 1.807) is 0 Å². The average molecular weight is 372 g/mol. The summed E-state index contributed by atoms with van der Waals surface area (Å²) in [4.78, 5) is 17.7. The fourth-order valence-electron chi connectivity index (χ4n) is 2.96. The fourth-order valence-corrected chi connectivity index (χ4v) is 3.34. The fraction of sp³-hybridized carbons (Fsp3) is 0.222. The number of halogens is 1. The van der Waals surface area contributed by atoms with E-state index in [4.69, 9.17) is 0 Å². The summed E-state index contributed by atoms with van der Waals surface area (Å²) in [5.41, 5.74) is 2.91. The molecule has 0 N–H and O–H groups in total. The Morgan fingerprint density at radius 3 is 2.65 bits per heavy atom. The predicted molar refractivity (Wildman–Crippen MR) is 91.5 cm³/mol. The highest BCUT2D eigenvalue weighted by Gasteiger charge is 2.30. The van der Waals surface area contributed by atoms with Crippen LogP contribution in [0.1, 0.15) is 30.5 Å². The molecule has 23 heavy (non-hydrogen) atoms. The molecule has 0 saturated carbocycles. The number of amidine groups is 1. The largest absolute Gasteiger partial charge is 0.548 e. The van der Waals surface area contributed by atoms with Gasteiger partial charge in [0.15, 0.2) is 0 Å². The van der Waals surface area contributed by atoms with E-state index < -0.39 is 5.97 Å². The number of hydrogen-bond donors (Lipinski definition) is 0. The number of carbonyl (C=O) groups is 1. The summed E-state index contributed by atoms with van der Waals surface area (Å²) in [7, 11) is 0. The van der Waals surface area contributed by atoms with Crippen LogP contribution in [0.3, 0.4) is 0 Å². The summed E-state index contributed by atoms with van der Waals surface area (Å²) in [5.74, 6) is -0.344. The second-order valence-electron chi connectivity index (χ2n) is 5.40. The first-order valence-electron chi connectivity index (χ1n) is 7.48. The quantitative estimate of drug-likeness (QED) is 0.829. The van der Waals surface area contributed by atoms with Crippen LogP contribution in [-0.2, 0) is 4.79 Å². The van der Waals surface area contributed by atoms with E-state index in [1.807, 2.05) is 60.4 Å². The van der Waals surface area contributed by atoms with Crippen molar-refractivity contribution in [3.05, 3.63) is 64.1 Å². The van der Waals surface area contributed by atoms with E-state index in [1.165, 1.54) is 0 Å². The number of hydrogen-bond acceptors (Lipinski definition) is 4. The van der Waals surface area contributed by atoms with E-state index in [-0.39, 0.29) is 12.6 Å². The van der Waals surface area contributed by atoms with Crippen LogP contribution >= 0.6 is 15.9 Å². The lowest BCUT2D eigenvalue weighted by molar-refractivity contribution is -0.305. The highest BCUT2D eigenvalue weighted by molar-refractivity contribution is 9.10. The first-order valence-corrected chi connectivity index (χ1v) is 8.28. The van der Waals surface area contributed by atoms with Crippen LogP contribution < -0.4 is 5.11 Å². The molecular formula is C18H16BrN2O2-. The SMILES string of the molecule is CCC1=Nc2ccc(Br)cc2[C@@H](c2ccccc2)N1CC(=O)[O-]. The Labute approximate surface area is 143 Å². The van der Waals surface area contributed by atoms with Gasteiger partial charge in [-0.05, 0) is 23.8 Å². The summed E-state index contributed by atoms with van der Waals surface area (Å²) in [6, 6.07) is 15.6. The Morgan fingerprint density at radius 2 is 2.00 bits per heavy atom. The lowest BCUT2D eigenvalue weighted by Gasteiger charge is -2.39. The van der Waals surface area contributed by atoms with Gasteiger partial charge in [-0.15, -0.1) is 0 Å². The number of nitrogens with zero attached hydrogens (tertiary/aromatic N) is 2. The molecule has 1 heterocycles. The molecule has 0 bridgehead atoms. The predicted octanol–water partition coefficient (Wildman–Crippen LogP) is 3.04.